The third-order valence-electron chi connectivity index (χ3n) is 4.61. The molecule has 1 atom stereocenters. The summed E-state index contributed by atoms with van der Waals surface area (Å²) in [5.74, 6) is 1.46. The van der Waals surface area contributed by atoms with Gasteiger partial charge < -0.3 is 14.2 Å². The number of ether oxygens (including phenoxy) is 1. The van der Waals surface area contributed by atoms with Crippen molar-refractivity contribution < 1.29 is 14.1 Å². The van der Waals surface area contributed by atoms with Crippen LogP contribution in [0.3, 0.4) is 0 Å². The van der Waals surface area contributed by atoms with Crippen LogP contribution in [0.15, 0.2) is 53.1 Å². The lowest BCUT2D eigenvalue weighted by molar-refractivity contribution is -0.140. The van der Waals surface area contributed by atoms with Gasteiger partial charge in [0.2, 0.25) is 11.7 Å². The van der Waals surface area contributed by atoms with Crippen LogP contribution in [0.25, 0.3) is 11.4 Å². The van der Waals surface area contributed by atoms with Gasteiger partial charge in [-0.3, -0.25) is 4.79 Å². The van der Waals surface area contributed by atoms with Crippen molar-refractivity contribution >= 4 is 5.91 Å². The second-order valence-electron chi connectivity index (χ2n) is 7.52. The SMILES string of the molecule is Cc1cccc(OC(C)C(=O)N(Cc2nc(-c3cccc(C)c3)no2)C(C)C)c1. The van der Waals surface area contributed by atoms with Gasteiger partial charge in [0.05, 0.1) is 0 Å². The molecule has 3 aromatic rings. The summed E-state index contributed by atoms with van der Waals surface area (Å²) in [4.78, 5) is 19.2. The molecule has 6 heteroatoms. The first-order valence-electron chi connectivity index (χ1n) is 9.77. The number of amides is 1. The van der Waals surface area contributed by atoms with E-state index in [1.165, 1.54) is 0 Å². The van der Waals surface area contributed by atoms with Gasteiger partial charge in [-0.25, -0.2) is 0 Å². The molecule has 1 unspecified atom stereocenters. The summed E-state index contributed by atoms with van der Waals surface area (Å²) < 4.78 is 11.3. The Morgan fingerprint density at radius 3 is 2.41 bits per heavy atom. The topological polar surface area (TPSA) is 68.5 Å². The second-order valence-corrected chi connectivity index (χ2v) is 7.52. The summed E-state index contributed by atoms with van der Waals surface area (Å²) in [6, 6.07) is 15.5. The fraction of sp³-hybridized carbons (Fsp3) is 0.348. The molecule has 3 rings (SSSR count). The normalized spacial score (nSPS) is 12.1. The molecule has 0 bridgehead atoms. The third kappa shape index (κ3) is 5.22. The van der Waals surface area contributed by atoms with Crippen LogP contribution in [0, 0.1) is 13.8 Å². The fourth-order valence-corrected chi connectivity index (χ4v) is 3.06. The van der Waals surface area contributed by atoms with Crippen molar-refractivity contribution in [3.63, 3.8) is 0 Å². The van der Waals surface area contributed by atoms with Gasteiger partial charge in [0, 0.05) is 11.6 Å². The maximum atomic E-state index is 13.0. The molecule has 6 nitrogen and oxygen atoms in total. The number of hydrogen-bond donors (Lipinski definition) is 0. The number of carbonyl (C=O) groups excluding carboxylic acids is 1. The standard InChI is InChI=1S/C23H27N3O3/c1-15(2)26(23(27)18(5)28-20-11-7-9-17(4)13-20)14-21-24-22(25-29-21)19-10-6-8-16(3)12-19/h6-13,15,18H,14H2,1-5H3. The van der Waals surface area contributed by atoms with Crippen LogP contribution >= 0.6 is 0 Å². The van der Waals surface area contributed by atoms with E-state index >= 15 is 0 Å². The van der Waals surface area contributed by atoms with E-state index < -0.39 is 6.10 Å². The van der Waals surface area contributed by atoms with E-state index in [1.807, 2.05) is 76.2 Å². The zero-order valence-corrected chi connectivity index (χ0v) is 17.5. The summed E-state index contributed by atoms with van der Waals surface area (Å²) in [5, 5.41) is 4.07. The number of hydrogen-bond acceptors (Lipinski definition) is 5. The molecule has 1 heterocycles. The average molecular weight is 393 g/mol. The van der Waals surface area contributed by atoms with Gasteiger partial charge in [-0.2, -0.15) is 4.98 Å². The molecular formula is C23H27N3O3. The molecule has 152 valence electrons. The smallest absolute Gasteiger partial charge is 0.264 e. The predicted molar refractivity (Wildman–Crippen MR) is 111 cm³/mol. The number of nitrogens with zero attached hydrogens (tertiary/aromatic N) is 3. The molecular weight excluding hydrogens is 366 g/mol. The summed E-state index contributed by atoms with van der Waals surface area (Å²) in [6.07, 6.45) is -0.627. The molecule has 29 heavy (non-hydrogen) atoms. The maximum Gasteiger partial charge on any atom is 0.264 e. The van der Waals surface area contributed by atoms with Crippen LogP contribution < -0.4 is 4.74 Å². The van der Waals surface area contributed by atoms with E-state index in [9.17, 15) is 4.79 Å². The van der Waals surface area contributed by atoms with E-state index in [1.54, 1.807) is 11.8 Å². The first kappa shape index (κ1) is 20.6. The molecule has 0 aliphatic rings. The van der Waals surface area contributed by atoms with Crippen molar-refractivity contribution in [2.75, 3.05) is 0 Å². The Hall–Kier alpha value is -3.15. The summed E-state index contributed by atoms with van der Waals surface area (Å²) in [7, 11) is 0. The number of aromatic nitrogens is 2. The molecule has 1 amide bonds. The predicted octanol–water partition coefficient (Wildman–Crippen LogP) is 4.56. The van der Waals surface area contributed by atoms with E-state index in [0.29, 0.717) is 17.5 Å². The van der Waals surface area contributed by atoms with Gasteiger partial charge in [0.25, 0.3) is 5.91 Å². The van der Waals surface area contributed by atoms with Crippen molar-refractivity contribution in [1.29, 1.82) is 0 Å². The van der Waals surface area contributed by atoms with E-state index in [2.05, 4.69) is 10.1 Å². The van der Waals surface area contributed by atoms with E-state index in [4.69, 9.17) is 9.26 Å². The van der Waals surface area contributed by atoms with Crippen molar-refractivity contribution in [1.82, 2.24) is 15.0 Å². The summed E-state index contributed by atoms with van der Waals surface area (Å²) in [5.41, 5.74) is 3.09. The Labute approximate surface area is 171 Å². The molecule has 2 aromatic carbocycles. The number of aryl methyl sites for hydroxylation is 2. The summed E-state index contributed by atoms with van der Waals surface area (Å²) in [6.45, 7) is 9.90. The van der Waals surface area contributed by atoms with Crippen LogP contribution in [-0.4, -0.2) is 33.1 Å². The lowest BCUT2D eigenvalue weighted by atomic mass is 10.1. The zero-order chi connectivity index (χ0) is 21.0. The van der Waals surface area contributed by atoms with Crippen molar-refractivity contribution in [2.24, 2.45) is 0 Å². The number of carbonyl (C=O) groups is 1. The quantitative estimate of drug-likeness (QED) is 0.589. The Morgan fingerprint density at radius 2 is 1.76 bits per heavy atom. The molecule has 0 aliphatic heterocycles. The van der Waals surface area contributed by atoms with Crippen LogP contribution in [0.4, 0.5) is 0 Å². The van der Waals surface area contributed by atoms with Crippen LogP contribution in [0.1, 0.15) is 37.8 Å². The highest BCUT2D eigenvalue weighted by Crippen LogP contribution is 2.19. The lowest BCUT2D eigenvalue weighted by Crippen LogP contribution is -2.43. The minimum Gasteiger partial charge on any atom is -0.481 e. The van der Waals surface area contributed by atoms with Gasteiger partial charge in [0.15, 0.2) is 6.10 Å². The Bertz CT molecular complexity index is 981. The van der Waals surface area contributed by atoms with E-state index in [-0.39, 0.29) is 18.5 Å². The van der Waals surface area contributed by atoms with Gasteiger partial charge in [-0.1, -0.05) is 41.1 Å². The maximum absolute atomic E-state index is 13.0. The van der Waals surface area contributed by atoms with Crippen LogP contribution in [0.5, 0.6) is 5.75 Å². The highest BCUT2D eigenvalue weighted by Gasteiger charge is 2.26. The Balaban J connectivity index is 1.72. The molecule has 0 spiro atoms. The Kier molecular flexibility index (Phi) is 6.32. The molecule has 0 radical (unpaired) electrons. The largest absolute Gasteiger partial charge is 0.481 e. The molecule has 0 N–H and O–H groups in total. The molecule has 0 fully saturated rings. The molecule has 0 saturated heterocycles. The average Bonchev–Trinajstić information content (AvgIpc) is 3.14. The van der Waals surface area contributed by atoms with Gasteiger partial charge in [-0.15, -0.1) is 0 Å². The number of rotatable bonds is 7. The van der Waals surface area contributed by atoms with Gasteiger partial charge >= 0.3 is 0 Å². The highest BCUT2D eigenvalue weighted by atomic mass is 16.5. The second kappa shape index (κ2) is 8.90. The Morgan fingerprint density at radius 1 is 1.07 bits per heavy atom. The van der Waals surface area contributed by atoms with Crippen LogP contribution in [-0.2, 0) is 11.3 Å². The number of benzene rings is 2. The monoisotopic (exact) mass is 393 g/mol. The van der Waals surface area contributed by atoms with Gasteiger partial charge in [0.1, 0.15) is 12.3 Å². The minimum atomic E-state index is -0.627. The first-order valence-corrected chi connectivity index (χ1v) is 9.77. The third-order valence-corrected chi connectivity index (χ3v) is 4.61. The summed E-state index contributed by atoms with van der Waals surface area (Å²) >= 11 is 0. The molecule has 0 saturated carbocycles. The van der Waals surface area contributed by atoms with Crippen molar-refractivity contribution in [3.8, 4) is 17.1 Å². The van der Waals surface area contributed by atoms with Gasteiger partial charge in [-0.05, 0) is 58.4 Å². The van der Waals surface area contributed by atoms with Crippen molar-refractivity contribution in [3.05, 3.63) is 65.5 Å². The first-order chi connectivity index (χ1) is 13.8. The fourth-order valence-electron chi connectivity index (χ4n) is 3.06. The highest BCUT2D eigenvalue weighted by molar-refractivity contribution is 5.81. The van der Waals surface area contributed by atoms with Crippen molar-refractivity contribution in [2.45, 2.75) is 53.3 Å². The molecule has 1 aromatic heterocycles. The minimum absolute atomic E-state index is 0.0413. The molecule has 0 aliphatic carbocycles. The zero-order valence-electron chi connectivity index (χ0n) is 17.5. The van der Waals surface area contributed by atoms with Crippen LogP contribution in [0.2, 0.25) is 0 Å². The van der Waals surface area contributed by atoms with E-state index in [0.717, 1.165) is 16.7 Å². The lowest BCUT2D eigenvalue weighted by Gasteiger charge is -2.28.